The van der Waals surface area contributed by atoms with Crippen LogP contribution in [0.4, 0.5) is 0 Å². The lowest BCUT2D eigenvalue weighted by molar-refractivity contribution is 0.0901. The van der Waals surface area contributed by atoms with Crippen molar-refractivity contribution in [3.8, 4) is 0 Å². The Balaban J connectivity index is 1.59. The van der Waals surface area contributed by atoms with Crippen LogP contribution in [0.2, 0.25) is 0 Å². The lowest BCUT2D eigenvalue weighted by Gasteiger charge is -2.45. The van der Waals surface area contributed by atoms with Crippen LogP contribution in [0.5, 0.6) is 0 Å². The Kier molecular flexibility index (Phi) is 3.85. The smallest absolute Gasteiger partial charge is 0.0416 e. The van der Waals surface area contributed by atoms with Crippen molar-refractivity contribution in [2.24, 2.45) is 0 Å². The molecule has 1 spiro atoms. The van der Waals surface area contributed by atoms with E-state index in [1.807, 2.05) is 12.3 Å². The topological polar surface area (TPSA) is 28.2 Å². The molecule has 3 nitrogen and oxygen atoms in total. The second kappa shape index (κ2) is 5.59. The number of pyridine rings is 1. The quantitative estimate of drug-likeness (QED) is 0.902. The molecule has 0 bridgehead atoms. The molecule has 0 amide bonds. The van der Waals surface area contributed by atoms with Crippen LogP contribution < -0.4 is 5.32 Å². The number of aromatic nitrogens is 1. The minimum absolute atomic E-state index is 0.427. The predicted molar refractivity (Wildman–Crippen MR) is 78.2 cm³/mol. The highest BCUT2D eigenvalue weighted by Gasteiger charge is 2.39. The molecule has 1 N–H and O–H groups in total. The zero-order valence-corrected chi connectivity index (χ0v) is 11.9. The minimum atomic E-state index is 0.427. The molecule has 1 unspecified atom stereocenters. The van der Waals surface area contributed by atoms with Crippen molar-refractivity contribution < 1.29 is 0 Å². The molecule has 2 fully saturated rings. The highest BCUT2D eigenvalue weighted by Crippen LogP contribution is 2.33. The summed E-state index contributed by atoms with van der Waals surface area (Å²) in [5.41, 5.74) is 1.64. The van der Waals surface area contributed by atoms with Crippen LogP contribution in [-0.4, -0.2) is 41.1 Å². The molecule has 1 aliphatic carbocycles. The summed E-state index contributed by atoms with van der Waals surface area (Å²) in [7, 11) is 0. The highest BCUT2D eigenvalue weighted by atomic mass is 15.2. The van der Waals surface area contributed by atoms with Crippen LogP contribution in [0, 0.1) is 0 Å². The average molecular weight is 259 g/mol. The Morgan fingerprint density at radius 3 is 2.95 bits per heavy atom. The Hall–Kier alpha value is -0.930. The van der Waals surface area contributed by atoms with E-state index >= 15 is 0 Å². The number of hydrogen-bond acceptors (Lipinski definition) is 3. The van der Waals surface area contributed by atoms with Crippen molar-refractivity contribution in [3.05, 3.63) is 30.1 Å². The van der Waals surface area contributed by atoms with Crippen molar-refractivity contribution in [2.75, 3.05) is 19.6 Å². The van der Waals surface area contributed by atoms with Gasteiger partial charge in [0.15, 0.2) is 0 Å². The molecule has 19 heavy (non-hydrogen) atoms. The summed E-state index contributed by atoms with van der Waals surface area (Å²) in [5.74, 6) is 0. The summed E-state index contributed by atoms with van der Waals surface area (Å²) in [6, 6.07) is 6.86. The lowest BCUT2D eigenvalue weighted by Crippen LogP contribution is -2.62. The van der Waals surface area contributed by atoms with Crippen molar-refractivity contribution in [1.29, 1.82) is 0 Å². The van der Waals surface area contributed by atoms with E-state index in [4.69, 9.17) is 0 Å². The number of nitrogens with zero attached hydrogens (tertiary/aromatic N) is 2. The molecule has 1 aromatic rings. The van der Waals surface area contributed by atoms with Crippen molar-refractivity contribution >= 4 is 0 Å². The second-order valence-corrected chi connectivity index (χ2v) is 6.26. The third kappa shape index (κ3) is 2.98. The average Bonchev–Trinajstić information content (AvgIpc) is 2.90. The maximum absolute atomic E-state index is 4.43. The standard InChI is InChI=1S/C16H25N3/c1-14-12-18-16(8-3-4-9-16)13-19(14)11-7-15-6-2-5-10-17-15/h2,5-6,10,14,18H,3-4,7-9,11-13H2,1H3. The summed E-state index contributed by atoms with van der Waals surface area (Å²) >= 11 is 0. The minimum Gasteiger partial charge on any atom is -0.308 e. The number of rotatable bonds is 3. The fraction of sp³-hybridized carbons (Fsp3) is 0.688. The Bertz CT molecular complexity index is 398. The van der Waals surface area contributed by atoms with Gasteiger partial charge in [-0.15, -0.1) is 0 Å². The molecule has 3 heteroatoms. The monoisotopic (exact) mass is 259 g/mol. The number of nitrogens with one attached hydrogen (secondary N) is 1. The number of piperazine rings is 1. The van der Waals surface area contributed by atoms with Crippen molar-refractivity contribution in [2.45, 2.75) is 50.6 Å². The molecule has 1 saturated carbocycles. The van der Waals surface area contributed by atoms with Gasteiger partial charge in [0, 0.05) is 49.5 Å². The van der Waals surface area contributed by atoms with Crippen LogP contribution in [0.25, 0.3) is 0 Å². The van der Waals surface area contributed by atoms with Gasteiger partial charge in [0.05, 0.1) is 0 Å². The van der Waals surface area contributed by atoms with Gasteiger partial charge in [-0.2, -0.15) is 0 Å². The van der Waals surface area contributed by atoms with Gasteiger partial charge in [-0.25, -0.2) is 0 Å². The summed E-state index contributed by atoms with van der Waals surface area (Å²) in [6.45, 7) is 5.85. The second-order valence-electron chi connectivity index (χ2n) is 6.26. The first-order chi connectivity index (χ1) is 9.27. The van der Waals surface area contributed by atoms with Crippen LogP contribution in [0.1, 0.15) is 38.3 Å². The molecule has 0 aromatic carbocycles. The van der Waals surface area contributed by atoms with Gasteiger partial charge in [0.1, 0.15) is 0 Å². The van der Waals surface area contributed by atoms with Crippen LogP contribution in [0.3, 0.4) is 0 Å². The molecular weight excluding hydrogens is 234 g/mol. The summed E-state index contributed by atoms with van der Waals surface area (Å²) < 4.78 is 0. The van der Waals surface area contributed by atoms with Crippen LogP contribution >= 0.6 is 0 Å². The van der Waals surface area contributed by atoms with E-state index in [1.54, 1.807) is 0 Å². The van der Waals surface area contributed by atoms with Crippen molar-refractivity contribution in [3.63, 3.8) is 0 Å². The van der Waals surface area contributed by atoms with Crippen molar-refractivity contribution in [1.82, 2.24) is 15.2 Å². The van der Waals surface area contributed by atoms with Gasteiger partial charge in [0.25, 0.3) is 0 Å². The van der Waals surface area contributed by atoms with Gasteiger partial charge in [-0.05, 0) is 31.9 Å². The SMILES string of the molecule is CC1CNC2(CCCC2)CN1CCc1ccccn1. The molecule has 2 aliphatic rings. The van der Waals surface area contributed by atoms with E-state index in [0.717, 1.165) is 19.5 Å². The van der Waals surface area contributed by atoms with E-state index in [-0.39, 0.29) is 0 Å². The maximum Gasteiger partial charge on any atom is 0.0416 e. The molecular formula is C16H25N3. The Morgan fingerprint density at radius 1 is 1.37 bits per heavy atom. The van der Waals surface area contributed by atoms with E-state index in [9.17, 15) is 0 Å². The molecule has 2 heterocycles. The third-order valence-corrected chi connectivity index (χ3v) is 4.84. The van der Waals surface area contributed by atoms with Gasteiger partial charge in [-0.3, -0.25) is 9.88 Å². The van der Waals surface area contributed by atoms with Gasteiger partial charge in [0.2, 0.25) is 0 Å². The molecule has 104 valence electrons. The molecule has 0 radical (unpaired) electrons. The van der Waals surface area contributed by atoms with Crippen LogP contribution in [-0.2, 0) is 6.42 Å². The largest absolute Gasteiger partial charge is 0.308 e. The summed E-state index contributed by atoms with van der Waals surface area (Å²) in [4.78, 5) is 7.10. The molecule has 1 aromatic heterocycles. The molecule has 1 aliphatic heterocycles. The normalized spacial score (nSPS) is 26.9. The first kappa shape index (κ1) is 13.1. The maximum atomic E-state index is 4.43. The van der Waals surface area contributed by atoms with E-state index < -0.39 is 0 Å². The predicted octanol–water partition coefficient (Wildman–Crippen LogP) is 2.23. The first-order valence-corrected chi connectivity index (χ1v) is 7.66. The highest BCUT2D eigenvalue weighted by molar-refractivity contribution is 5.05. The summed E-state index contributed by atoms with van der Waals surface area (Å²) in [5, 5.41) is 3.82. The van der Waals surface area contributed by atoms with Gasteiger partial charge in [-0.1, -0.05) is 18.9 Å². The van der Waals surface area contributed by atoms with Crippen LogP contribution in [0.15, 0.2) is 24.4 Å². The van der Waals surface area contributed by atoms with E-state index in [0.29, 0.717) is 11.6 Å². The third-order valence-electron chi connectivity index (χ3n) is 4.84. The molecule has 1 atom stereocenters. The zero-order chi connectivity index (χ0) is 13.1. The fourth-order valence-corrected chi connectivity index (χ4v) is 3.58. The molecule has 1 saturated heterocycles. The Morgan fingerprint density at radius 2 is 2.21 bits per heavy atom. The number of hydrogen-bond donors (Lipinski definition) is 1. The van der Waals surface area contributed by atoms with Gasteiger partial charge >= 0.3 is 0 Å². The fourth-order valence-electron chi connectivity index (χ4n) is 3.58. The van der Waals surface area contributed by atoms with Gasteiger partial charge < -0.3 is 5.32 Å². The van der Waals surface area contributed by atoms with E-state index in [1.165, 1.54) is 37.9 Å². The zero-order valence-electron chi connectivity index (χ0n) is 11.9. The first-order valence-electron chi connectivity index (χ1n) is 7.66. The lowest BCUT2D eigenvalue weighted by atomic mass is 9.92. The molecule has 3 rings (SSSR count). The van der Waals surface area contributed by atoms with E-state index in [2.05, 4.69) is 34.3 Å². The Labute approximate surface area is 116 Å². The summed E-state index contributed by atoms with van der Waals surface area (Å²) in [6.07, 6.45) is 8.49.